The van der Waals surface area contributed by atoms with Crippen LogP contribution in [0.5, 0.6) is 0 Å². The number of hydrogen-bond acceptors (Lipinski definition) is 3. The zero-order valence-electron chi connectivity index (χ0n) is 10.7. The first-order valence-electron chi connectivity index (χ1n) is 6.19. The number of nitrogens with one attached hydrogen (secondary N) is 1. The Morgan fingerprint density at radius 2 is 1.94 bits per heavy atom. The third-order valence-electron chi connectivity index (χ3n) is 3.45. The number of rotatable bonds is 3. The van der Waals surface area contributed by atoms with Crippen LogP contribution in [0.2, 0.25) is 0 Å². The van der Waals surface area contributed by atoms with Gasteiger partial charge in [-0.1, -0.05) is 18.2 Å². The Labute approximate surface area is 107 Å². The average Bonchev–Trinajstić information content (AvgIpc) is 2.99. The summed E-state index contributed by atoms with van der Waals surface area (Å²) in [7, 11) is 1.97. The molecule has 1 atom stereocenters. The van der Waals surface area contributed by atoms with E-state index < -0.39 is 0 Å². The first-order valence-corrected chi connectivity index (χ1v) is 6.19. The number of ether oxygens (including phenoxy) is 1. The van der Waals surface area contributed by atoms with Crippen molar-refractivity contribution in [3.05, 3.63) is 58.5 Å². The predicted octanol–water partition coefficient (Wildman–Crippen LogP) is 2.93. The standard InChI is InChI=1S/C15H17NO2/c1-10-5-14(9-18-10)15(16-2)11-3-4-12-7-17-8-13(12)6-11/h3-6,9,15-16H,7-8H2,1-2H3. The van der Waals surface area contributed by atoms with E-state index in [-0.39, 0.29) is 6.04 Å². The van der Waals surface area contributed by atoms with Gasteiger partial charge in [0.15, 0.2) is 0 Å². The van der Waals surface area contributed by atoms with Gasteiger partial charge in [0.25, 0.3) is 0 Å². The van der Waals surface area contributed by atoms with E-state index in [2.05, 4.69) is 29.6 Å². The molecule has 1 aliphatic rings. The van der Waals surface area contributed by atoms with Crippen LogP contribution in [0.25, 0.3) is 0 Å². The Morgan fingerprint density at radius 3 is 2.67 bits per heavy atom. The molecule has 0 bridgehead atoms. The summed E-state index contributed by atoms with van der Waals surface area (Å²) in [6.45, 7) is 3.43. The largest absolute Gasteiger partial charge is 0.469 e. The summed E-state index contributed by atoms with van der Waals surface area (Å²) in [6.07, 6.45) is 1.82. The van der Waals surface area contributed by atoms with Gasteiger partial charge in [-0.25, -0.2) is 0 Å². The fraction of sp³-hybridized carbons (Fsp3) is 0.333. The van der Waals surface area contributed by atoms with Gasteiger partial charge in [0, 0.05) is 5.56 Å². The first-order chi connectivity index (χ1) is 8.78. The van der Waals surface area contributed by atoms with Crippen LogP contribution in [0, 0.1) is 6.92 Å². The van der Waals surface area contributed by atoms with Gasteiger partial charge < -0.3 is 14.5 Å². The van der Waals surface area contributed by atoms with Crippen molar-refractivity contribution in [1.82, 2.24) is 5.32 Å². The van der Waals surface area contributed by atoms with Crippen molar-refractivity contribution >= 4 is 0 Å². The van der Waals surface area contributed by atoms with Crippen molar-refractivity contribution in [2.75, 3.05) is 7.05 Å². The second-order valence-corrected chi connectivity index (χ2v) is 4.73. The van der Waals surface area contributed by atoms with E-state index in [0.717, 1.165) is 24.5 Å². The Bertz CT molecular complexity index is 559. The molecular weight excluding hydrogens is 226 g/mol. The van der Waals surface area contributed by atoms with Crippen LogP contribution in [0.4, 0.5) is 0 Å². The average molecular weight is 243 g/mol. The van der Waals surface area contributed by atoms with Crippen LogP contribution in [0.3, 0.4) is 0 Å². The maximum atomic E-state index is 5.45. The van der Waals surface area contributed by atoms with E-state index in [4.69, 9.17) is 9.15 Å². The summed E-state index contributed by atoms with van der Waals surface area (Å²) >= 11 is 0. The third-order valence-corrected chi connectivity index (χ3v) is 3.45. The summed E-state index contributed by atoms with van der Waals surface area (Å²) < 4.78 is 10.9. The summed E-state index contributed by atoms with van der Waals surface area (Å²) in [6, 6.07) is 8.80. The van der Waals surface area contributed by atoms with E-state index in [9.17, 15) is 0 Å². The smallest absolute Gasteiger partial charge is 0.101 e. The van der Waals surface area contributed by atoms with E-state index in [1.807, 2.05) is 20.2 Å². The minimum absolute atomic E-state index is 0.174. The zero-order chi connectivity index (χ0) is 12.5. The molecule has 2 heterocycles. The molecule has 0 fully saturated rings. The van der Waals surface area contributed by atoms with Crippen molar-refractivity contribution in [2.45, 2.75) is 26.2 Å². The lowest BCUT2D eigenvalue weighted by atomic mass is 9.97. The van der Waals surface area contributed by atoms with E-state index in [1.54, 1.807) is 0 Å². The van der Waals surface area contributed by atoms with Gasteiger partial charge in [-0.3, -0.25) is 0 Å². The molecule has 18 heavy (non-hydrogen) atoms. The summed E-state index contributed by atoms with van der Waals surface area (Å²) in [5.74, 6) is 0.940. The Hall–Kier alpha value is -1.58. The van der Waals surface area contributed by atoms with Crippen molar-refractivity contribution < 1.29 is 9.15 Å². The van der Waals surface area contributed by atoms with Gasteiger partial charge in [0.2, 0.25) is 0 Å². The molecule has 1 aromatic heterocycles. The normalized spacial score (nSPS) is 15.7. The molecule has 0 aliphatic carbocycles. The molecular formula is C15H17NO2. The highest BCUT2D eigenvalue weighted by Crippen LogP contribution is 2.28. The van der Waals surface area contributed by atoms with Gasteiger partial charge in [-0.2, -0.15) is 0 Å². The molecule has 1 unspecified atom stereocenters. The van der Waals surface area contributed by atoms with Gasteiger partial charge in [0.1, 0.15) is 5.76 Å². The van der Waals surface area contributed by atoms with Crippen molar-refractivity contribution in [3.8, 4) is 0 Å². The van der Waals surface area contributed by atoms with Gasteiger partial charge in [-0.05, 0) is 36.7 Å². The molecule has 1 N–H and O–H groups in total. The second-order valence-electron chi connectivity index (χ2n) is 4.73. The van der Waals surface area contributed by atoms with Crippen molar-refractivity contribution in [1.29, 1.82) is 0 Å². The number of hydrogen-bond donors (Lipinski definition) is 1. The van der Waals surface area contributed by atoms with Gasteiger partial charge in [-0.15, -0.1) is 0 Å². The van der Waals surface area contributed by atoms with Crippen LogP contribution in [-0.4, -0.2) is 7.05 Å². The lowest BCUT2D eigenvalue weighted by Crippen LogP contribution is -2.17. The van der Waals surface area contributed by atoms with Crippen LogP contribution < -0.4 is 5.32 Å². The highest BCUT2D eigenvalue weighted by molar-refractivity contribution is 5.38. The van der Waals surface area contributed by atoms with Crippen LogP contribution >= 0.6 is 0 Å². The number of benzene rings is 1. The van der Waals surface area contributed by atoms with Crippen molar-refractivity contribution in [3.63, 3.8) is 0 Å². The predicted molar refractivity (Wildman–Crippen MR) is 69.3 cm³/mol. The van der Waals surface area contributed by atoms with Crippen LogP contribution in [0.1, 0.15) is 34.1 Å². The highest BCUT2D eigenvalue weighted by atomic mass is 16.5. The maximum Gasteiger partial charge on any atom is 0.101 e. The first kappa shape index (κ1) is 11.5. The summed E-state index contributed by atoms with van der Waals surface area (Å²) in [5, 5.41) is 3.34. The molecule has 2 aromatic rings. The molecule has 0 amide bonds. The SMILES string of the molecule is CNC(c1coc(C)c1)c1ccc2c(c1)COC2. The molecule has 1 aliphatic heterocycles. The van der Waals surface area contributed by atoms with E-state index in [1.165, 1.54) is 16.7 Å². The fourth-order valence-corrected chi connectivity index (χ4v) is 2.51. The van der Waals surface area contributed by atoms with Gasteiger partial charge in [0.05, 0.1) is 25.5 Å². The third kappa shape index (κ3) is 1.96. The lowest BCUT2D eigenvalue weighted by molar-refractivity contribution is 0.134. The number of furan rings is 1. The highest BCUT2D eigenvalue weighted by Gasteiger charge is 2.17. The molecule has 94 valence electrons. The molecule has 0 spiro atoms. The Morgan fingerprint density at radius 1 is 1.11 bits per heavy atom. The Balaban J connectivity index is 1.96. The molecule has 0 saturated carbocycles. The van der Waals surface area contributed by atoms with E-state index in [0.29, 0.717) is 0 Å². The number of fused-ring (bicyclic) bond motifs is 1. The van der Waals surface area contributed by atoms with Crippen LogP contribution in [-0.2, 0) is 18.0 Å². The second kappa shape index (κ2) is 4.59. The van der Waals surface area contributed by atoms with Crippen LogP contribution in [0.15, 0.2) is 34.9 Å². The monoisotopic (exact) mass is 243 g/mol. The topological polar surface area (TPSA) is 34.4 Å². The van der Waals surface area contributed by atoms with E-state index >= 15 is 0 Å². The fourth-order valence-electron chi connectivity index (χ4n) is 2.51. The molecule has 0 radical (unpaired) electrons. The molecule has 3 rings (SSSR count). The molecule has 0 saturated heterocycles. The minimum atomic E-state index is 0.174. The number of aryl methyl sites for hydroxylation is 1. The molecule has 3 nitrogen and oxygen atoms in total. The molecule has 3 heteroatoms. The lowest BCUT2D eigenvalue weighted by Gasteiger charge is -2.15. The minimum Gasteiger partial charge on any atom is -0.469 e. The molecule has 1 aromatic carbocycles. The quantitative estimate of drug-likeness (QED) is 0.900. The summed E-state index contributed by atoms with van der Waals surface area (Å²) in [5.41, 5.74) is 5.02. The Kier molecular flexibility index (Phi) is 2.94. The van der Waals surface area contributed by atoms with Crippen molar-refractivity contribution in [2.24, 2.45) is 0 Å². The zero-order valence-corrected chi connectivity index (χ0v) is 10.7. The summed E-state index contributed by atoms with van der Waals surface area (Å²) in [4.78, 5) is 0. The van der Waals surface area contributed by atoms with Gasteiger partial charge >= 0.3 is 0 Å². The maximum absolute atomic E-state index is 5.45.